The minimum absolute atomic E-state index is 0.0748. The Bertz CT molecular complexity index is 1130. The number of carbonyl (C=O) groups is 2. The number of amides is 2. The minimum atomic E-state index is -4.75. The molecule has 0 spiro atoms. The highest BCUT2D eigenvalue weighted by Gasteiger charge is 2.34. The molecule has 0 fully saturated rings. The van der Waals surface area contributed by atoms with E-state index in [4.69, 9.17) is 11.6 Å². The molecule has 0 bridgehead atoms. The molecule has 2 amide bonds. The van der Waals surface area contributed by atoms with Crippen molar-refractivity contribution >= 4 is 39.1 Å². The van der Waals surface area contributed by atoms with Crippen molar-refractivity contribution < 1.29 is 31.2 Å². The summed E-state index contributed by atoms with van der Waals surface area (Å²) >= 11 is 6.02. The van der Waals surface area contributed by atoms with Gasteiger partial charge in [0.25, 0.3) is 0 Å². The van der Waals surface area contributed by atoms with Crippen molar-refractivity contribution in [3.63, 3.8) is 0 Å². The lowest BCUT2D eigenvalue weighted by molar-refractivity contribution is -0.138. The van der Waals surface area contributed by atoms with Gasteiger partial charge < -0.3 is 10.2 Å². The second-order valence-electron chi connectivity index (χ2n) is 7.55. The molecule has 7 nitrogen and oxygen atoms in total. The van der Waals surface area contributed by atoms with Gasteiger partial charge in [0.1, 0.15) is 12.6 Å². The zero-order valence-corrected chi connectivity index (χ0v) is 20.3. The first kappa shape index (κ1) is 27.5. The van der Waals surface area contributed by atoms with Crippen molar-refractivity contribution in [1.29, 1.82) is 0 Å². The molecule has 34 heavy (non-hydrogen) atoms. The van der Waals surface area contributed by atoms with Crippen LogP contribution in [0, 0.1) is 0 Å². The monoisotopic (exact) mass is 519 g/mol. The van der Waals surface area contributed by atoms with Gasteiger partial charge in [-0.2, -0.15) is 13.2 Å². The zero-order chi connectivity index (χ0) is 25.7. The van der Waals surface area contributed by atoms with Gasteiger partial charge in [-0.15, -0.1) is 0 Å². The topological polar surface area (TPSA) is 86.8 Å². The Morgan fingerprint density at radius 1 is 1.12 bits per heavy atom. The van der Waals surface area contributed by atoms with Gasteiger partial charge in [-0.3, -0.25) is 13.9 Å². The molecular weight excluding hydrogens is 495 g/mol. The standard InChI is InChI=1S/C22H25ClF3N3O4S/c1-15(21(31)27-2)28(12-11-16-7-5-4-6-8-16)20(30)14-29(34(3,32)33)19-13-17(22(24,25)26)9-10-18(19)23/h4-10,13,15H,11-12,14H2,1-3H3,(H,27,31)/t15-/m1/s1. The van der Waals surface area contributed by atoms with Crippen LogP contribution >= 0.6 is 11.6 Å². The molecule has 0 saturated carbocycles. The average molecular weight is 520 g/mol. The number of hydrogen-bond donors (Lipinski definition) is 1. The first-order valence-corrected chi connectivity index (χ1v) is 12.4. The van der Waals surface area contributed by atoms with Crippen LogP contribution in [0.2, 0.25) is 5.02 Å². The number of anilines is 1. The highest BCUT2D eigenvalue weighted by molar-refractivity contribution is 7.92. The van der Waals surface area contributed by atoms with Crippen LogP contribution < -0.4 is 9.62 Å². The Morgan fingerprint density at radius 3 is 2.26 bits per heavy atom. The second kappa shape index (κ2) is 11.1. The normalized spacial score (nSPS) is 12.7. The summed E-state index contributed by atoms with van der Waals surface area (Å²) in [6.45, 7) is 0.713. The molecule has 186 valence electrons. The average Bonchev–Trinajstić information content (AvgIpc) is 2.76. The van der Waals surface area contributed by atoms with Crippen LogP contribution in [-0.2, 0) is 32.2 Å². The lowest BCUT2D eigenvalue weighted by atomic mass is 10.1. The van der Waals surface area contributed by atoms with Crippen LogP contribution in [0.15, 0.2) is 48.5 Å². The van der Waals surface area contributed by atoms with E-state index < -0.39 is 51.9 Å². The van der Waals surface area contributed by atoms with Crippen molar-refractivity contribution in [3.8, 4) is 0 Å². The molecule has 1 atom stereocenters. The van der Waals surface area contributed by atoms with Crippen molar-refractivity contribution in [3.05, 3.63) is 64.7 Å². The van der Waals surface area contributed by atoms with Gasteiger partial charge in [-0.1, -0.05) is 41.9 Å². The maximum Gasteiger partial charge on any atom is 0.416 e. The molecule has 0 aliphatic carbocycles. The summed E-state index contributed by atoms with van der Waals surface area (Å²) in [4.78, 5) is 26.7. The van der Waals surface area contributed by atoms with E-state index in [9.17, 15) is 31.2 Å². The van der Waals surface area contributed by atoms with E-state index in [1.165, 1.54) is 18.9 Å². The van der Waals surface area contributed by atoms with E-state index in [2.05, 4.69) is 5.32 Å². The molecule has 0 unspecified atom stereocenters. The Balaban J connectivity index is 2.41. The largest absolute Gasteiger partial charge is 0.416 e. The summed E-state index contributed by atoms with van der Waals surface area (Å²) in [6, 6.07) is 10.4. The highest BCUT2D eigenvalue weighted by atomic mass is 35.5. The van der Waals surface area contributed by atoms with Crippen LogP contribution in [0.5, 0.6) is 0 Å². The summed E-state index contributed by atoms with van der Waals surface area (Å²) in [6.07, 6.45) is -3.62. The third kappa shape index (κ3) is 7.10. The number of sulfonamides is 1. The molecule has 0 saturated heterocycles. The molecular formula is C22H25ClF3N3O4S. The fraction of sp³-hybridized carbons (Fsp3) is 0.364. The Kier molecular flexibility index (Phi) is 8.96. The van der Waals surface area contributed by atoms with Gasteiger partial charge >= 0.3 is 6.18 Å². The first-order chi connectivity index (χ1) is 15.8. The number of carbonyl (C=O) groups excluding carboxylic acids is 2. The molecule has 0 heterocycles. The lowest BCUT2D eigenvalue weighted by Crippen LogP contribution is -2.51. The highest BCUT2D eigenvalue weighted by Crippen LogP contribution is 2.36. The minimum Gasteiger partial charge on any atom is -0.357 e. The number of nitrogens with zero attached hydrogens (tertiary/aromatic N) is 2. The molecule has 1 N–H and O–H groups in total. The predicted molar refractivity (Wildman–Crippen MR) is 124 cm³/mol. The summed E-state index contributed by atoms with van der Waals surface area (Å²) in [5, 5.41) is 2.16. The van der Waals surface area contributed by atoms with Crippen molar-refractivity contribution in [2.45, 2.75) is 25.6 Å². The number of benzene rings is 2. The lowest BCUT2D eigenvalue weighted by Gasteiger charge is -2.31. The molecule has 2 aromatic rings. The fourth-order valence-corrected chi connectivity index (χ4v) is 4.38. The SMILES string of the molecule is CNC(=O)[C@@H](C)N(CCc1ccccc1)C(=O)CN(c1cc(C(F)(F)F)ccc1Cl)S(C)(=O)=O. The van der Waals surface area contributed by atoms with Gasteiger partial charge in [0, 0.05) is 13.6 Å². The van der Waals surface area contributed by atoms with Crippen LogP contribution in [0.4, 0.5) is 18.9 Å². The Labute approximate surface area is 201 Å². The Morgan fingerprint density at radius 2 is 1.74 bits per heavy atom. The van der Waals surface area contributed by atoms with Crippen LogP contribution in [0.1, 0.15) is 18.1 Å². The predicted octanol–water partition coefficient (Wildman–Crippen LogP) is 3.33. The van der Waals surface area contributed by atoms with E-state index in [-0.39, 0.29) is 11.6 Å². The number of halogens is 4. The maximum absolute atomic E-state index is 13.2. The van der Waals surface area contributed by atoms with E-state index in [1.807, 2.05) is 30.3 Å². The van der Waals surface area contributed by atoms with E-state index in [0.717, 1.165) is 17.9 Å². The molecule has 0 aliphatic heterocycles. The molecule has 0 aromatic heterocycles. The van der Waals surface area contributed by atoms with Crippen LogP contribution in [0.25, 0.3) is 0 Å². The Hall–Kier alpha value is -2.79. The number of likely N-dealkylation sites (N-methyl/N-ethyl adjacent to an activating group) is 1. The van der Waals surface area contributed by atoms with E-state index >= 15 is 0 Å². The summed E-state index contributed by atoms with van der Waals surface area (Å²) in [5.41, 5.74) is -0.721. The summed E-state index contributed by atoms with van der Waals surface area (Å²) in [7, 11) is -2.82. The third-order valence-corrected chi connectivity index (χ3v) is 6.57. The molecule has 2 aromatic carbocycles. The quantitative estimate of drug-likeness (QED) is 0.550. The fourth-order valence-electron chi connectivity index (χ4n) is 3.25. The van der Waals surface area contributed by atoms with Crippen molar-refractivity contribution in [2.75, 3.05) is 30.7 Å². The van der Waals surface area contributed by atoms with Gasteiger partial charge in [0.05, 0.1) is 22.5 Å². The van der Waals surface area contributed by atoms with Crippen LogP contribution in [-0.4, -0.2) is 57.6 Å². The molecule has 12 heteroatoms. The second-order valence-corrected chi connectivity index (χ2v) is 9.86. The van der Waals surface area contributed by atoms with Crippen molar-refractivity contribution in [2.24, 2.45) is 0 Å². The third-order valence-electron chi connectivity index (χ3n) is 5.12. The van der Waals surface area contributed by atoms with Gasteiger partial charge in [-0.05, 0) is 37.1 Å². The smallest absolute Gasteiger partial charge is 0.357 e. The van der Waals surface area contributed by atoms with Crippen molar-refractivity contribution in [1.82, 2.24) is 10.2 Å². The molecule has 0 aliphatic rings. The van der Waals surface area contributed by atoms with E-state index in [0.29, 0.717) is 22.9 Å². The van der Waals surface area contributed by atoms with Gasteiger partial charge in [0.2, 0.25) is 21.8 Å². The first-order valence-electron chi connectivity index (χ1n) is 10.1. The van der Waals surface area contributed by atoms with Crippen LogP contribution in [0.3, 0.4) is 0 Å². The van der Waals surface area contributed by atoms with E-state index in [1.54, 1.807) is 0 Å². The number of hydrogen-bond acceptors (Lipinski definition) is 4. The maximum atomic E-state index is 13.2. The summed E-state index contributed by atoms with van der Waals surface area (Å²) < 4.78 is 65.1. The molecule has 2 rings (SSSR count). The zero-order valence-electron chi connectivity index (χ0n) is 18.8. The number of alkyl halides is 3. The number of rotatable bonds is 9. The number of nitrogens with one attached hydrogen (secondary N) is 1. The van der Waals surface area contributed by atoms with Gasteiger partial charge in [-0.25, -0.2) is 8.42 Å². The van der Waals surface area contributed by atoms with Gasteiger partial charge in [0.15, 0.2) is 0 Å². The summed E-state index contributed by atoms with van der Waals surface area (Å²) in [5.74, 6) is -1.25. The molecule has 0 radical (unpaired) electrons.